The molecule has 0 bridgehead atoms. The van der Waals surface area contributed by atoms with Crippen LogP contribution in [0.2, 0.25) is 0 Å². The van der Waals surface area contributed by atoms with E-state index in [9.17, 15) is 4.79 Å². The Bertz CT molecular complexity index is 406. The summed E-state index contributed by atoms with van der Waals surface area (Å²) in [4.78, 5) is 11.7. The fraction of sp³-hybridized carbons (Fsp3) is 0.667. The maximum Gasteiger partial charge on any atom is 0.226 e. The highest BCUT2D eigenvalue weighted by atomic mass is 16.1. The Kier molecular flexibility index (Phi) is 2.74. The van der Waals surface area contributed by atoms with E-state index in [1.54, 1.807) is 0 Å². The minimum atomic E-state index is 0.105. The lowest BCUT2D eigenvalue weighted by atomic mass is 9.85. The summed E-state index contributed by atoms with van der Waals surface area (Å²) in [6.07, 6.45) is 2.48. The zero-order chi connectivity index (χ0) is 11.9. The van der Waals surface area contributed by atoms with Gasteiger partial charge in [0.05, 0.1) is 6.20 Å². The van der Waals surface area contributed by atoms with Crippen molar-refractivity contribution in [2.24, 2.45) is 5.92 Å². The van der Waals surface area contributed by atoms with Crippen LogP contribution in [0, 0.1) is 5.92 Å². The number of amides is 1. The summed E-state index contributed by atoms with van der Waals surface area (Å²) < 4.78 is 1.89. The molecule has 1 aromatic heterocycles. The molecule has 2 rings (SSSR count). The number of carbonyl (C=O) groups is 1. The van der Waals surface area contributed by atoms with Gasteiger partial charge in [0.25, 0.3) is 0 Å². The van der Waals surface area contributed by atoms with Crippen molar-refractivity contribution in [1.82, 2.24) is 9.78 Å². The van der Waals surface area contributed by atoms with E-state index in [-0.39, 0.29) is 11.9 Å². The number of fused-ring (bicyclic) bond motifs is 1. The molecule has 1 aliphatic heterocycles. The van der Waals surface area contributed by atoms with E-state index in [1.807, 2.05) is 10.9 Å². The van der Waals surface area contributed by atoms with Gasteiger partial charge in [0.2, 0.25) is 5.91 Å². The van der Waals surface area contributed by atoms with E-state index >= 15 is 0 Å². The van der Waals surface area contributed by atoms with Crippen LogP contribution < -0.4 is 5.32 Å². The van der Waals surface area contributed by atoms with E-state index in [4.69, 9.17) is 0 Å². The predicted octanol–water partition coefficient (Wildman–Crippen LogP) is 2.55. The van der Waals surface area contributed by atoms with Crippen molar-refractivity contribution in [2.75, 3.05) is 5.32 Å². The molecule has 1 N–H and O–H groups in total. The van der Waals surface area contributed by atoms with E-state index in [1.165, 1.54) is 5.56 Å². The molecule has 1 atom stereocenters. The molecular weight excluding hydrogens is 202 g/mol. The molecule has 88 valence electrons. The van der Waals surface area contributed by atoms with E-state index < -0.39 is 0 Å². The molecular formula is C12H19N3O. The molecule has 0 aromatic carbocycles. The fourth-order valence-corrected chi connectivity index (χ4v) is 2.26. The third-order valence-electron chi connectivity index (χ3n) is 3.18. The van der Waals surface area contributed by atoms with Crippen LogP contribution >= 0.6 is 0 Å². The molecule has 0 radical (unpaired) electrons. The van der Waals surface area contributed by atoms with Crippen molar-refractivity contribution >= 4 is 11.7 Å². The van der Waals surface area contributed by atoms with Gasteiger partial charge >= 0.3 is 0 Å². The van der Waals surface area contributed by atoms with Crippen molar-refractivity contribution in [3.05, 3.63) is 11.8 Å². The van der Waals surface area contributed by atoms with Gasteiger partial charge in [-0.05, 0) is 19.8 Å². The number of carbonyl (C=O) groups excluding carboxylic acids is 1. The van der Waals surface area contributed by atoms with Crippen LogP contribution in [0.5, 0.6) is 0 Å². The highest BCUT2D eigenvalue weighted by Crippen LogP contribution is 2.37. The number of nitrogens with one attached hydrogen (secondary N) is 1. The molecule has 1 aliphatic rings. The number of hydrogen-bond donors (Lipinski definition) is 1. The number of hydrogen-bond acceptors (Lipinski definition) is 2. The summed E-state index contributed by atoms with van der Waals surface area (Å²) in [6.45, 7) is 8.44. The Morgan fingerprint density at radius 3 is 2.69 bits per heavy atom. The van der Waals surface area contributed by atoms with Crippen molar-refractivity contribution in [2.45, 2.75) is 46.1 Å². The highest BCUT2D eigenvalue weighted by Gasteiger charge is 2.30. The molecule has 0 spiro atoms. The third-order valence-corrected chi connectivity index (χ3v) is 3.18. The van der Waals surface area contributed by atoms with Crippen molar-refractivity contribution < 1.29 is 4.79 Å². The van der Waals surface area contributed by atoms with Crippen molar-refractivity contribution in [3.8, 4) is 0 Å². The molecule has 0 fully saturated rings. The molecule has 1 aromatic rings. The Morgan fingerprint density at radius 2 is 2.12 bits per heavy atom. The van der Waals surface area contributed by atoms with Crippen LogP contribution in [0.15, 0.2) is 6.20 Å². The smallest absolute Gasteiger partial charge is 0.226 e. The van der Waals surface area contributed by atoms with Gasteiger partial charge in [-0.3, -0.25) is 4.79 Å². The quantitative estimate of drug-likeness (QED) is 0.834. The van der Waals surface area contributed by atoms with Gasteiger partial charge in [-0.1, -0.05) is 13.8 Å². The largest absolute Gasteiger partial charge is 0.311 e. The second-order valence-corrected chi connectivity index (χ2v) is 5.09. The second-order valence-electron chi connectivity index (χ2n) is 5.09. The first kappa shape index (κ1) is 11.2. The first-order valence-corrected chi connectivity index (χ1v) is 5.88. The monoisotopic (exact) mass is 221 g/mol. The van der Waals surface area contributed by atoms with Crippen LogP contribution in [-0.4, -0.2) is 15.7 Å². The highest BCUT2D eigenvalue weighted by molar-refractivity contribution is 5.93. The van der Waals surface area contributed by atoms with E-state index in [0.29, 0.717) is 18.3 Å². The minimum Gasteiger partial charge on any atom is -0.311 e. The second kappa shape index (κ2) is 3.92. The molecule has 0 saturated heterocycles. The number of aromatic nitrogens is 2. The summed E-state index contributed by atoms with van der Waals surface area (Å²) in [7, 11) is 0. The summed E-state index contributed by atoms with van der Waals surface area (Å²) in [5, 5.41) is 7.30. The summed E-state index contributed by atoms with van der Waals surface area (Å²) in [5.41, 5.74) is 1.18. The first-order chi connectivity index (χ1) is 7.50. The third kappa shape index (κ3) is 1.72. The molecule has 0 aliphatic carbocycles. The molecule has 16 heavy (non-hydrogen) atoms. The van der Waals surface area contributed by atoms with Crippen LogP contribution in [0.4, 0.5) is 5.82 Å². The lowest BCUT2D eigenvalue weighted by Gasteiger charge is -2.26. The lowest BCUT2D eigenvalue weighted by Crippen LogP contribution is -2.26. The van der Waals surface area contributed by atoms with Crippen LogP contribution in [0.25, 0.3) is 0 Å². The minimum absolute atomic E-state index is 0.105. The summed E-state index contributed by atoms with van der Waals surface area (Å²) in [6, 6.07) is 0.273. The Hall–Kier alpha value is -1.32. The van der Waals surface area contributed by atoms with Crippen molar-refractivity contribution in [3.63, 3.8) is 0 Å². The summed E-state index contributed by atoms with van der Waals surface area (Å²) in [5.74, 6) is 1.77. The molecule has 4 heteroatoms. The molecule has 1 amide bonds. The van der Waals surface area contributed by atoms with E-state index in [0.717, 1.165) is 5.82 Å². The van der Waals surface area contributed by atoms with Gasteiger partial charge in [0.15, 0.2) is 0 Å². The predicted molar refractivity (Wildman–Crippen MR) is 63.4 cm³/mol. The van der Waals surface area contributed by atoms with Crippen LogP contribution in [0.1, 0.15) is 51.6 Å². The molecule has 0 saturated carbocycles. The molecule has 2 heterocycles. The van der Waals surface area contributed by atoms with Gasteiger partial charge in [-0.15, -0.1) is 0 Å². The van der Waals surface area contributed by atoms with Gasteiger partial charge in [0.1, 0.15) is 5.82 Å². The lowest BCUT2D eigenvalue weighted by molar-refractivity contribution is -0.117. The number of rotatable bonds is 2. The first-order valence-electron chi connectivity index (χ1n) is 5.88. The average molecular weight is 221 g/mol. The topological polar surface area (TPSA) is 46.9 Å². The number of anilines is 1. The van der Waals surface area contributed by atoms with E-state index in [2.05, 4.69) is 38.1 Å². The fourth-order valence-electron chi connectivity index (χ4n) is 2.26. The average Bonchev–Trinajstić information content (AvgIpc) is 2.59. The molecule has 0 unspecified atom stereocenters. The van der Waals surface area contributed by atoms with Crippen molar-refractivity contribution in [1.29, 1.82) is 0 Å². The van der Waals surface area contributed by atoms with Gasteiger partial charge < -0.3 is 5.32 Å². The zero-order valence-electron chi connectivity index (χ0n) is 10.3. The Morgan fingerprint density at radius 1 is 1.44 bits per heavy atom. The maximum absolute atomic E-state index is 11.7. The van der Waals surface area contributed by atoms with Gasteiger partial charge in [0, 0.05) is 23.9 Å². The standard InChI is InChI=1S/C12H19N3O/c1-7(2)9-5-11(16)14-12-10(9)6-13-15(12)8(3)4/h6-9H,5H2,1-4H3,(H,14,16)/t9-/m1/s1. The van der Waals surface area contributed by atoms with Gasteiger partial charge in [-0.25, -0.2) is 4.68 Å². The number of nitrogens with zero attached hydrogens (tertiary/aromatic N) is 2. The maximum atomic E-state index is 11.7. The van der Waals surface area contributed by atoms with Crippen LogP contribution in [0.3, 0.4) is 0 Å². The normalized spacial score (nSPS) is 20.1. The Labute approximate surface area is 96.0 Å². The zero-order valence-corrected chi connectivity index (χ0v) is 10.3. The van der Waals surface area contributed by atoms with Gasteiger partial charge in [-0.2, -0.15) is 5.10 Å². The Balaban J connectivity index is 2.45. The molecule has 4 nitrogen and oxygen atoms in total. The summed E-state index contributed by atoms with van der Waals surface area (Å²) >= 11 is 0. The van der Waals surface area contributed by atoms with Crippen LogP contribution in [-0.2, 0) is 4.79 Å². The SMILES string of the molecule is CC(C)[C@H]1CC(=O)Nc2c1cnn2C(C)C.